The predicted molar refractivity (Wildman–Crippen MR) is 93.0 cm³/mol. The molecule has 0 saturated heterocycles. The van der Waals surface area contributed by atoms with Crippen LogP contribution in [0.4, 0.5) is 0 Å². The van der Waals surface area contributed by atoms with Crippen LogP contribution in [0.2, 0.25) is 0 Å². The first kappa shape index (κ1) is 21.0. The van der Waals surface area contributed by atoms with Gasteiger partial charge in [-0.15, -0.1) is 0 Å². The molecule has 0 radical (unpaired) electrons. The summed E-state index contributed by atoms with van der Waals surface area (Å²) in [6.07, 6.45) is 0.607. The van der Waals surface area contributed by atoms with E-state index in [1.165, 1.54) is 12.1 Å². The highest BCUT2D eigenvalue weighted by atomic mass is 16.6. The Morgan fingerprint density at radius 1 is 1.12 bits per heavy atom. The molecule has 0 amide bonds. The van der Waals surface area contributed by atoms with Gasteiger partial charge in [-0.25, -0.2) is 0 Å². The van der Waals surface area contributed by atoms with Crippen molar-refractivity contribution >= 4 is 11.9 Å². The lowest BCUT2D eigenvalue weighted by Gasteiger charge is -2.29. The molecule has 1 aromatic carbocycles. The molecule has 1 rings (SSSR count). The van der Waals surface area contributed by atoms with E-state index in [9.17, 15) is 19.8 Å². The number of phenols is 1. The molecule has 0 bridgehead atoms. The standard InChI is InChI=1S/C19H28O6/c1-6-14(5)18(22)25-11-19(23,10-24-17(21)12(2)3)15-8-7-13(4)9-16(15)20/h7-9,12,14,20,23H,6,10-11H2,1-5H3. The second-order valence-electron chi connectivity index (χ2n) is 6.73. The summed E-state index contributed by atoms with van der Waals surface area (Å²) < 4.78 is 10.3. The van der Waals surface area contributed by atoms with Crippen LogP contribution in [-0.4, -0.2) is 35.4 Å². The highest BCUT2D eigenvalue weighted by Crippen LogP contribution is 2.31. The molecular weight excluding hydrogens is 324 g/mol. The Labute approximate surface area is 148 Å². The fourth-order valence-electron chi connectivity index (χ4n) is 2.09. The molecule has 0 heterocycles. The van der Waals surface area contributed by atoms with Crippen molar-refractivity contribution in [2.24, 2.45) is 11.8 Å². The van der Waals surface area contributed by atoms with Crippen molar-refractivity contribution in [1.29, 1.82) is 0 Å². The average molecular weight is 352 g/mol. The molecule has 6 heteroatoms. The average Bonchev–Trinajstić information content (AvgIpc) is 2.56. The number of rotatable bonds is 8. The largest absolute Gasteiger partial charge is 0.508 e. The maximum absolute atomic E-state index is 11.9. The Morgan fingerprint density at radius 2 is 1.68 bits per heavy atom. The fourth-order valence-corrected chi connectivity index (χ4v) is 2.09. The van der Waals surface area contributed by atoms with Crippen LogP contribution in [0.1, 0.15) is 45.2 Å². The summed E-state index contributed by atoms with van der Waals surface area (Å²) in [6, 6.07) is 4.73. The molecule has 0 fully saturated rings. The van der Waals surface area contributed by atoms with Gasteiger partial charge in [0.05, 0.1) is 11.8 Å². The number of esters is 2. The minimum absolute atomic E-state index is 0.145. The van der Waals surface area contributed by atoms with E-state index in [0.29, 0.717) is 6.42 Å². The molecule has 25 heavy (non-hydrogen) atoms. The molecule has 0 saturated carbocycles. The second kappa shape index (κ2) is 8.85. The van der Waals surface area contributed by atoms with Gasteiger partial charge in [-0.2, -0.15) is 0 Å². The highest BCUT2D eigenvalue weighted by molar-refractivity contribution is 5.72. The van der Waals surface area contributed by atoms with Gasteiger partial charge in [0.2, 0.25) is 0 Å². The smallest absolute Gasteiger partial charge is 0.308 e. The van der Waals surface area contributed by atoms with Crippen molar-refractivity contribution in [3.63, 3.8) is 0 Å². The molecule has 1 aromatic rings. The Hall–Kier alpha value is -2.08. The van der Waals surface area contributed by atoms with E-state index in [0.717, 1.165) is 5.56 Å². The Morgan fingerprint density at radius 3 is 2.16 bits per heavy atom. The van der Waals surface area contributed by atoms with Gasteiger partial charge < -0.3 is 19.7 Å². The van der Waals surface area contributed by atoms with Gasteiger partial charge >= 0.3 is 11.9 Å². The van der Waals surface area contributed by atoms with Gasteiger partial charge in [-0.05, 0) is 25.0 Å². The number of aromatic hydroxyl groups is 1. The molecule has 0 aliphatic carbocycles. The molecule has 0 aliphatic heterocycles. The molecule has 2 N–H and O–H groups in total. The van der Waals surface area contributed by atoms with Crippen molar-refractivity contribution < 1.29 is 29.3 Å². The number of aryl methyl sites for hydroxylation is 1. The monoisotopic (exact) mass is 352 g/mol. The van der Waals surface area contributed by atoms with Gasteiger partial charge in [0.25, 0.3) is 0 Å². The van der Waals surface area contributed by atoms with E-state index < -0.39 is 30.8 Å². The van der Waals surface area contributed by atoms with Crippen molar-refractivity contribution in [1.82, 2.24) is 0 Å². The van der Waals surface area contributed by atoms with Gasteiger partial charge in [-0.1, -0.05) is 39.8 Å². The molecule has 0 spiro atoms. The topological polar surface area (TPSA) is 93.1 Å². The Kier molecular flexibility index (Phi) is 7.42. The molecule has 140 valence electrons. The summed E-state index contributed by atoms with van der Waals surface area (Å²) in [4.78, 5) is 23.7. The van der Waals surface area contributed by atoms with E-state index in [1.807, 2.05) is 6.92 Å². The molecule has 2 unspecified atom stereocenters. The van der Waals surface area contributed by atoms with Crippen molar-refractivity contribution in [2.75, 3.05) is 13.2 Å². The quantitative estimate of drug-likeness (QED) is 0.699. The highest BCUT2D eigenvalue weighted by Gasteiger charge is 2.36. The minimum Gasteiger partial charge on any atom is -0.508 e. The van der Waals surface area contributed by atoms with Crippen LogP contribution < -0.4 is 0 Å². The summed E-state index contributed by atoms with van der Waals surface area (Å²) in [5, 5.41) is 21.2. The van der Waals surface area contributed by atoms with E-state index in [2.05, 4.69) is 0 Å². The molecular formula is C19H28O6. The molecule has 6 nitrogen and oxygen atoms in total. The van der Waals surface area contributed by atoms with E-state index >= 15 is 0 Å². The van der Waals surface area contributed by atoms with Crippen molar-refractivity contribution in [3.05, 3.63) is 29.3 Å². The third-order valence-corrected chi connectivity index (χ3v) is 4.05. The number of carbonyl (C=O) groups is 2. The van der Waals surface area contributed by atoms with Crippen LogP contribution >= 0.6 is 0 Å². The third-order valence-electron chi connectivity index (χ3n) is 4.05. The van der Waals surface area contributed by atoms with Crippen LogP contribution in [0, 0.1) is 18.8 Å². The summed E-state index contributed by atoms with van der Waals surface area (Å²) in [6.45, 7) is 7.89. The van der Waals surface area contributed by atoms with Gasteiger partial charge in [0, 0.05) is 5.56 Å². The lowest BCUT2D eigenvalue weighted by atomic mass is 9.93. The number of hydrogen-bond donors (Lipinski definition) is 2. The van der Waals surface area contributed by atoms with Gasteiger partial charge in [0.1, 0.15) is 19.0 Å². The number of ether oxygens (including phenoxy) is 2. The molecule has 0 aliphatic rings. The first-order chi connectivity index (χ1) is 11.6. The summed E-state index contributed by atoms with van der Waals surface area (Å²) in [5.41, 5.74) is -0.878. The zero-order valence-electron chi connectivity index (χ0n) is 15.5. The summed E-state index contributed by atoms with van der Waals surface area (Å²) >= 11 is 0. The number of carbonyl (C=O) groups excluding carboxylic acids is 2. The summed E-state index contributed by atoms with van der Waals surface area (Å²) in [7, 11) is 0. The number of benzene rings is 1. The fraction of sp³-hybridized carbons (Fsp3) is 0.579. The molecule has 0 aromatic heterocycles. The van der Waals surface area contributed by atoms with Crippen LogP contribution in [0.25, 0.3) is 0 Å². The number of aliphatic hydroxyl groups is 1. The Balaban J connectivity index is 3.04. The Bertz CT molecular complexity index is 610. The van der Waals surface area contributed by atoms with Gasteiger partial charge in [-0.3, -0.25) is 9.59 Å². The maximum Gasteiger partial charge on any atom is 0.308 e. The molecule has 2 atom stereocenters. The second-order valence-corrected chi connectivity index (χ2v) is 6.73. The predicted octanol–water partition coefficient (Wildman–Crippen LogP) is 2.68. The van der Waals surface area contributed by atoms with E-state index in [1.54, 1.807) is 33.8 Å². The zero-order chi connectivity index (χ0) is 19.2. The zero-order valence-corrected chi connectivity index (χ0v) is 15.5. The van der Waals surface area contributed by atoms with Crippen LogP contribution in [0.15, 0.2) is 18.2 Å². The lowest BCUT2D eigenvalue weighted by molar-refractivity contribution is -0.168. The van der Waals surface area contributed by atoms with Crippen LogP contribution in [0.3, 0.4) is 0 Å². The lowest BCUT2D eigenvalue weighted by Crippen LogP contribution is -2.39. The number of phenolic OH excluding ortho intramolecular Hbond substituents is 1. The summed E-state index contributed by atoms with van der Waals surface area (Å²) in [5.74, 6) is -1.77. The first-order valence-corrected chi connectivity index (χ1v) is 8.46. The minimum atomic E-state index is -1.83. The number of hydrogen-bond acceptors (Lipinski definition) is 6. The van der Waals surface area contributed by atoms with Crippen molar-refractivity contribution in [3.8, 4) is 5.75 Å². The maximum atomic E-state index is 11.9. The van der Waals surface area contributed by atoms with Crippen LogP contribution in [-0.2, 0) is 24.7 Å². The third kappa shape index (κ3) is 5.74. The van der Waals surface area contributed by atoms with E-state index in [-0.39, 0.29) is 23.1 Å². The van der Waals surface area contributed by atoms with E-state index in [4.69, 9.17) is 9.47 Å². The first-order valence-electron chi connectivity index (χ1n) is 8.46. The SMILES string of the molecule is CCC(C)C(=O)OCC(O)(COC(=O)C(C)C)c1ccc(C)cc1O. The van der Waals surface area contributed by atoms with Gasteiger partial charge in [0.15, 0.2) is 5.60 Å². The normalized spacial score (nSPS) is 14.7. The van der Waals surface area contributed by atoms with Crippen LogP contribution in [0.5, 0.6) is 5.75 Å². The van der Waals surface area contributed by atoms with Crippen molar-refractivity contribution in [2.45, 2.75) is 46.6 Å².